The van der Waals surface area contributed by atoms with Gasteiger partial charge in [-0.05, 0) is 44.2 Å². The summed E-state index contributed by atoms with van der Waals surface area (Å²) >= 11 is 0. The maximum Gasteiger partial charge on any atom is 0.249 e. The fraction of sp³-hybridized carbons (Fsp3) is 0.538. The van der Waals surface area contributed by atoms with Gasteiger partial charge in [0.05, 0.1) is 11.7 Å². The molecule has 7 nitrogen and oxygen atoms in total. The molecule has 1 heterocycles. The quantitative estimate of drug-likeness (QED) is 0.322. The molecule has 188 valence electrons. The highest BCUT2D eigenvalue weighted by molar-refractivity contribution is 6.04. The Bertz CT molecular complexity index is 1170. The summed E-state index contributed by atoms with van der Waals surface area (Å²) < 4.78 is 31.0. The number of amides is 1. The zero-order valence-electron chi connectivity index (χ0n) is 20.6. The summed E-state index contributed by atoms with van der Waals surface area (Å²) in [5.74, 6) is -4.42. The Kier molecular flexibility index (Phi) is 6.79. The molecule has 35 heavy (non-hydrogen) atoms. The smallest absolute Gasteiger partial charge is 0.249 e. The van der Waals surface area contributed by atoms with Crippen molar-refractivity contribution in [1.29, 1.82) is 5.41 Å². The Morgan fingerprint density at radius 3 is 2.63 bits per heavy atom. The Balaban J connectivity index is 1.64. The van der Waals surface area contributed by atoms with Crippen LogP contribution in [0.2, 0.25) is 0 Å². The number of rotatable bonds is 8. The van der Waals surface area contributed by atoms with Crippen LogP contribution in [0.3, 0.4) is 0 Å². The van der Waals surface area contributed by atoms with Crippen molar-refractivity contribution in [3.05, 3.63) is 52.8 Å². The Labute approximate surface area is 204 Å². The molecule has 0 saturated heterocycles. The number of allylic oxidation sites excluding steroid dienone is 2. The Morgan fingerprint density at radius 1 is 1.29 bits per heavy atom. The van der Waals surface area contributed by atoms with Crippen LogP contribution < -0.4 is 5.32 Å². The van der Waals surface area contributed by atoms with E-state index in [1.807, 2.05) is 39.8 Å². The molecule has 0 bridgehead atoms. The molecule has 0 spiro atoms. The Morgan fingerprint density at radius 2 is 2.00 bits per heavy atom. The molecule has 2 aromatic rings. The molecule has 2 aliphatic rings. The van der Waals surface area contributed by atoms with Crippen molar-refractivity contribution in [2.75, 3.05) is 5.32 Å². The average Bonchev–Trinajstić information content (AvgIpc) is 3.40. The monoisotopic (exact) mass is 485 g/mol. The van der Waals surface area contributed by atoms with Gasteiger partial charge in [0.2, 0.25) is 11.8 Å². The van der Waals surface area contributed by atoms with Gasteiger partial charge < -0.3 is 15.0 Å². The van der Waals surface area contributed by atoms with E-state index in [-0.39, 0.29) is 29.3 Å². The summed E-state index contributed by atoms with van der Waals surface area (Å²) in [7, 11) is 0. The molecule has 1 aromatic carbocycles. The predicted molar refractivity (Wildman–Crippen MR) is 130 cm³/mol. The number of nitrogens with zero attached hydrogens (tertiary/aromatic N) is 3. The number of alkyl halides is 2. The Hall–Kier alpha value is -3.10. The van der Waals surface area contributed by atoms with E-state index in [0.717, 1.165) is 24.0 Å². The number of aryl methyl sites for hydroxylation is 2. The molecule has 2 fully saturated rings. The number of aliphatic hydroxyl groups excluding tert-OH is 1. The van der Waals surface area contributed by atoms with Crippen LogP contribution in [0.4, 0.5) is 14.5 Å². The van der Waals surface area contributed by atoms with Crippen LogP contribution in [0.1, 0.15) is 80.7 Å². The normalized spacial score (nSPS) is 22.0. The highest BCUT2D eigenvalue weighted by atomic mass is 19.3. The van der Waals surface area contributed by atoms with Crippen molar-refractivity contribution in [3.63, 3.8) is 0 Å². The average molecular weight is 486 g/mol. The number of aromatic nitrogens is 3. The van der Waals surface area contributed by atoms with Crippen LogP contribution in [0, 0.1) is 31.1 Å². The molecule has 0 unspecified atom stereocenters. The molecule has 2 saturated carbocycles. The van der Waals surface area contributed by atoms with Gasteiger partial charge in [0, 0.05) is 43.0 Å². The summed E-state index contributed by atoms with van der Waals surface area (Å²) in [4.78, 5) is 13.2. The topological polar surface area (TPSA) is 104 Å². The third kappa shape index (κ3) is 5.60. The molecule has 0 radical (unpaired) electrons. The van der Waals surface area contributed by atoms with Crippen LogP contribution in [0.5, 0.6) is 0 Å². The van der Waals surface area contributed by atoms with Crippen LogP contribution in [-0.2, 0) is 4.79 Å². The van der Waals surface area contributed by atoms with Crippen molar-refractivity contribution in [3.8, 4) is 0 Å². The van der Waals surface area contributed by atoms with E-state index < -0.39 is 36.5 Å². The summed E-state index contributed by atoms with van der Waals surface area (Å²) in [5.41, 5.74) is 2.50. The molecule has 2 aliphatic carbocycles. The molecule has 4 rings (SSSR count). The van der Waals surface area contributed by atoms with Crippen molar-refractivity contribution in [2.45, 2.75) is 77.7 Å². The molecular weight excluding hydrogens is 452 g/mol. The summed E-state index contributed by atoms with van der Waals surface area (Å²) in [6, 6.07) is 5.59. The van der Waals surface area contributed by atoms with Crippen molar-refractivity contribution in [2.24, 2.45) is 11.8 Å². The van der Waals surface area contributed by atoms with Gasteiger partial charge in [-0.3, -0.25) is 10.2 Å². The minimum absolute atomic E-state index is 0.00766. The number of aliphatic hydroxyl groups is 1. The van der Waals surface area contributed by atoms with E-state index in [1.54, 1.807) is 10.6 Å². The second-order valence-electron chi connectivity index (χ2n) is 10.4. The van der Waals surface area contributed by atoms with Crippen LogP contribution in [0.25, 0.3) is 0 Å². The van der Waals surface area contributed by atoms with E-state index >= 15 is 0 Å². The van der Waals surface area contributed by atoms with Crippen LogP contribution >= 0.6 is 0 Å². The van der Waals surface area contributed by atoms with Gasteiger partial charge in [-0.2, -0.15) is 0 Å². The number of benzene rings is 1. The van der Waals surface area contributed by atoms with Gasteiger partial charge in [-0.1, -0.05) is 31.5 Å². The number of nitrogens with one attached hydrogen (secondary N) is 2. The maximum atomic E-state index is 14.6. The first kappa shape index (κ1) is 25.0. The van der Waals surface area contributed by atoms with E-state index in [9.17, 15) is 18.7 Å². The predicted octanol–water partition coefficient (Wildman–Crippen LogP) is 5.85. The molecule has 1 aromatic heterocycles. The molecule has 2 atom stereocenters. The lowest BCUT2D eigenvalue weighted by atomic mass is 9.93. The lowest BCUT2D eigenvalue weighted by molar-refractivity contribution is -0.121. The fourth-order valence-corrected chi connectivity index (χ4v) is 4.88. The van der Waals surface area contributed by atoms with Crippen LogP contribution in [-0.4, -0.2) is 37.4 Å². The van der Waals surface area contributed by atoms with Crippen molar-refractivity contribution in [1.82, 2.24) is 14.8 Å². The van der Waals surface area contributed by atoms with Crippen molar-refractivity contribution >= 4 is 17.3 Å². The molecule has 1 amide bonds. The lowest BCUT2D eigenvalue weighted by Crippen LogP contribution is -2.27. The van der Waals surface area contributed by atoms with Crippen LogP contribution in [0.15, 0.2) is 30.0 Å². The lowest BCUT2D eigenvalue weighted by Gasteiger charge is -2.20. The van der Waals surface area contributed by atoms with Gasteiger partial charge in [0.25, 0.3) is 0 Å². The standard InChI is InChI=1S/C26H33F2N5O2/c1-14(2)9-18(34)11-21(29)24-32-31-23(33(24)17-6-7-17)19-12-26(27,28)13-20(19)25(35)30-22-8-5-15(3)10-16(22)4/h5,8,10-11,14,17,19-20,29,34H,6-7,9,12-13H2,1-4H3,(H,30,35)/b18-11-,29-21?/t19-,20-/m0/s1. The molecule has 0 aliphatic heterocycles. The number of anilines is 1. The number of hydrogen-bond acceptors (Lipinski definition) is 5. The third-order valence-electron chi connectivity index (χ3n) is 6.63. The zero-order valence-corrected chi connectivity index (χ0v) is 20.6. The second kappa shape index (κ2) is 9.51. The van der Waals surface area contributed by atoms with Gasteiger partial charge in [-0.15, -0.1) is 10.2 Å². The minimum Gasteiger partial charge on any atom is -0.512 e. The van der Waals surface area contributed by atoms with E-state index in [0.29, 0.717) is 17.9 Å². The fourth-order valence-electron chi connectivity index (χ4n) is 4.88. The van der Waals surface area contributed by atoms with Gasteiger partial charge in [0.1, 0.15) is 11.5 Å². The highest BCUT2D eigenvalue weighted by Gasteiger charge is 2.52. The number of carbonyl (C=O) groups is 1. The molecule has 9 heteroatoms. The SMILES string of the molecule is Cc1ccc(NC(=O)[C@H]2CC(F)(F)C[C@@H]2c2nnc(C(=N)/C=C(\O)CC(C)C)n2C2CC2)c(C)c1. The first-order chi connectivity index (χ1) is 16.4. The first-order valence-corrected chi connectivity index (χ1v) is 12.1. The molecule has 3 N–H and O–H groups in total. The number of hydrogen-bond donors (Lipinski definition) is 3. The van der Waals surface area contributed by atoms with Crippen molar-refractivity contribution < 1.29 is 18.7 Å². The zero-order chi connectivity index (χ0) is 25.5. The second-order valence-corrected chi connectivity index (χ2v) is 10.4. The van der Waals surface area contributed by atoms with Gasteiger partial charge >= 0.3 is 0 Å². The number of halogens is 2. The van der Waals surface area contributed by atoms with E-state index in [1.165, 1.54) is 6.08 Å². The minimum atomic E-state index is -3.00. The highest BCUT2D eigenvalue weighted by Crippen LogP contribution is 2.50. The summed E-state index contributed by atoms with van der Waals surface area (Å²) in [5, 5.41) is 29.9. The number of carbonyl (C=O) groups excluding carboxylic acids is 1. The largest absolute Gasteiger partial charge is 0.512 e. The first-order valence-electron chi connectivity index (χ1n) is 12.1. The maximum absolute atomic E-state index is 14.6. The van der Waals surface area contributed by atoms with Gasteiger partial charge in [-0.25, -0.2) is 8.78 Å². The van der Waals surface area contributed by atoms with E-state index in [2.05, 4.69) is 15.5 Å². The third-order valence-corrected chi connectivity index (χ3v) is 6.63. The van der Waals surface area contributed by atoms with Gasteiger partial charge in [0.15, 0.2) is 5.82 Å². The summed E-state index contributed by atoms with van der Waals surface area (Å²) in [6.45, 7) is 7.74. The molecular formula is C26H33F2N5O2. The van der Waals surface area contributed by atoms with E-state index in [4.69, 9.17) is 5.41 Å². The summed E-state index contributed by atoms with van der Waals surface area (Å²) in [6.07, 6.45) is 2.37.